The monoisotopic (exact) mass is 311 g/mol. The molecule has 5 heteroatoms. The van der Waals surface area contributed by atoms with Crippen LogP contribution in [0, 0.1) is 5.92 Å². The molecule has 0 aliphatic carbocycles. The van der Waals surface area contributed by atoms with Crippen molar-refractivity contribution in [2.75, 3.05) is 23.0 Å². The van der Waals surface area contributed by atoms with Crippen molar-refractivity contribution in [2.45, 2.75) is 0 Å². The second-order valence-corrected chi connectivity index (χ2v) is 5.93. The molecule has 110 valence electrons. The van der Waals surface area contributed by atoms with Crippen LogP contribution in [0.5, 0.6) is 0 Å². The summed E-state index contributed by atoms with van der Waals surface area (Å²) >= 11 is 5.91. The number of carbonyl (C=O) groups excluding carboxylic acids is 1. The van der Waals surface area contributed by atoms with Crippen LogP contribution in [0.15, 0.2) is 59.7 Å². The Morgan fingerprint density at radius 1 is 0.955 bits per heavy atom. The molecular formula is C17H14ClN3O. The number of hydrazone groups is 1. The van der Waals surface area contributed by atoms with Gasteiger partial charge in [0, 0.05) is 23.2 Å². The molecule has 1 fully saturated rings. The van der Waals surface area contributed by atoms with E-state index >= 15 is 0 Å². The van der Waals surface area contributed by atoms with Crippen LogP contribution in [0.4, 0.5) is 11.4 Å². The van der Waals surface area contributed by atoms with Gasteiger partial charge in [0.1, 0.15) is 5.71 Å². The topological polar surface area (TPSA) is 35.9 Å². The van der Waals surface area contributed by atoms with Crippen LogP contribution in [0.2, 0.25) is 5.02 Å². The van der Waals surface area contributed by atoms with E-state index in [1.54, 1.807) is 0 Å². The summed E-state index contributed by atoms with van der Waals surface area (Å²) in [6, 6.07) is 17.3. The standard InChI is InChI=1S/C17H14ClN3O/c18-13-6-8-15(9-7-13)21-11-12-10-20(17(22)16(12)19-21)14-4-2-1-3-5-14/h1-9,12H,10-11H2. The summed E-state index contributed by atoms with van der Waals surface area (Å²) in [5, 5.41) is 7.10. The summed E-state index contributed by atoms with van der Waals surface area (Å²) in [5.41, 5.74) is 2.55. The van der Waals surface area contributed by atoms with Crippen molar-refractivity contribution in [1.29, 1.82) is 0 Å². The Morgan fingerprint density at radius 2 is 1.68 bits per heavy atom. The third-order valence-corrected chi connectivity index (χ3v) is 4.32. The number of fused-ring (bicyclic) bond motifs is 1. The summed E-state index contributed by atoms with van der Waals surface area (Å²) < 4.78 is 0. The first-order chi connectivity index (χ1) is 10.7. The van der Waals surface area contributed by atoms with E-state index in [0.717, 1.165) is 17.9 Å². The lowest BCUT2D eigenvalue weighted by atomic mass is 10.1. The van der Waals surface area contributed by atoms with E-state index in [2.05, 4.69) is 5.10 Å². The summed E-state index contributed by atoms with van der Waals surface area (Å²) in [5.74, 6) is 0.163. The van der Waals surface area contributed by atoms with Crippen LogP contribution in [0.1, 0.15) is 0 Å². The molecule has 2 aromatic carbocycles. The SMILES string of the molecule is O=C1C2=NN(c3ccc(Cl)cc3)CC2CN1c1ccccc1. The molecule has 0 spiro atoms. The third-order valence-electron chi connectivity index (χ3n) is 4.07. The van der Waals surface area contributed by atoms with Crippen molar-refractivity contribution in [2.24, 2.45) is 11.0 Å². The number of halogens is 1. The molecule has 1 saturated heterocycles. The van der Waals surface area contributed by atoms with E-state index in [4.69, 9.17) is 11.6 Å². The maximum Gasteiger partial charge on any atom is 0.274 e. The lowest BCUT2D eigenvalue weighted by Gasteiger charge is -2.19. The molecule has 1 amide bonds. The predicted octanol–water partition coefficient (Wildman–Crippen LogP) is 3.18. The minimum Gasteiger partial charge on any atom is -0.307 e. The molecule has 0 aromatic heterocycles. The fraction of sp³-hybridized carbons (Fsp3) is 0.176. The quantitative estimate of drug-likeness (QED) is 0.854. The highest BCUT2D eigenvalue weighted by Gasteiger charge is 2.42. The maximum absolute atomic E-state index is 12.6. The number of hydrogen-bond acceptors (Lipinski definition) is 3. The van der Waals surface area contributed by atoms with Crippen LogP contribution >= 0.6 is 11.6 Å². The first-order valence-corrected chi connectivity index (χ1v) is 7.59. The molecule has 2 aliphatic rings. The van der Waals surface area contributed by atoms with Gasteiger partial charge in [-0.3, -0.25) is 9.80 Å². The van der Waals surface area contributed by atoms with E-state index in [1.807, 2.05) is 64.5 Å². The molecule has 4 rings (SSSR count). The molecule has 0 bridgehead atoms. The highest BCUT2D eigenvalue weighted by atomic mass is 35.5. The van der Waals surface area contributed by atoms with E-state index in [9.17, 15) is 4.79 Å². The zero-order valence-electron chi connectivity index (χ0n) is 11.8. The van der Waals surface area contributed by atoms with Gasteiger partial charge in [-0.1, -0.05) is 29.8 Å². The molecule has 1 unspecified atom stereocenters. The molecule has 2 aromatic rings. The van der Waals surface area contributed by atoms with Crippen LogP contribution in [-0.2, 0) is 4.79 Å². The Kier molecular flexibility index (Phi) is 3.12. The van der Waals surface area contributed by atoms with Gasteiger partial charge in [0.2, 0.25) is 0 Å². The van der Waals surface area contributed by atoms with Gasteiger partial charge in [-0.05, 0) is 36.4 Å². The van der Waals surface area contributed by atoms with Crippen molar-refractivity contribution in [3.63, 3.8) is 0 Å². The number of benzene rings is 2. The molecule has 0 saturated carbocycles. The van der Waals surface area contributed by atoms with Crippen molar-refractivity contribution in [1.82, 2.24) is 0 Å². The van der Waals surface area contributed by atoms with Gasteiger partial charge < -0.3 is 4.90 Å². The smallest absolute Gasteiger partial charge is 0.274 e. The van der Waals surface area contributed by atoms with Gasteiger partial charge in [-0.15, -0.1) is 0 Å². The summed E-state index contributed by atoms with van der Waals surface area (Å²) in [6.45, 7) is 1.41. The fourth-order valence-electron chi connectivity index (χ4n) is 2.96. The Balaban J connectivity index is 1.59. The molecule has 1 atom stereocenters. The predicted molar refractivity (Wildman–Crippen MR) is 88.5 cm³/mol. The molecular weight excluding hydrogens is 298 g/mol. The van der Waals surface area contributed by atoms with Crippen LogP contribution in [-0.4, -0.2) is 24.7 Å². The number of amides is 1. The maximum atomic E-state index is 12.6. The average molecular weight is 312 g/mol. The average Bonchev–Trinajstić information content (AvgIpc) is 3.09. The van der Waals surface area contributed by atoms with Gasteiger partial charge >= 0.3 is 0 Å². The van der Waals surface area contributed by atoms with E-state index < -0.39 is 0 Å². The van der Waals surface area contributed by atoms with Gasteiger partial charge in [-0.2, -0.15) is 5.10 Å². The Bertz CT molecular complexity index is 742. The van der Waals surface area contributed by atoms with Crippen LogP contribution < -0.4 is 9.91 Å². The fourth-order valence-corrected chi connectivity index (χ4v) is 3.08. The first kappa shape index (κ1) is 13.3. The molecule has 22 heavy (non-hydrogen) atoms. The molecule has 4 nitrogen and oxygen atoms in total. The summed E-state index contributed by atoms with van der Waals surface area (Å²) in [6.07, 6.45) is 0. The van der Waals surface area contributed by atoms with Crippen molar-refractivity contribution < 1.29 is 4.79 Å². The normalized spacial score (nSPS) is 20.3. The lowest BCUT2D eigenvalue weighted by molar-refractivity contribution is -0.111. The third kappa shape index (κ3) is 2.16. The van der Waals surface area contributed by atoms with Crippen LogP contribution in [0.3, 0.4) is 0 Å². The molecule has 0 N–H and O–H groups in total. The van der Waals surface area contributed by atoms with Gasteiger partial charge in [-0.25, -0.2) is 0 Å². The Hall–Kier alpha value is -2.33. The largest absolute Gasteiger partial charge is 0.307 e. The van der Waals surface area contributed by atoms with E-state index in [0.29, 0.717) is 17.3 Å². The number of hydrogen-bond donors (Lipinski definition) is 0. The molecule has 2 heterocycles. The minimum absolute atomic E-state index is 0.00710. The molecule has 0 radical (unpaired) electrons. The summed E-state index contributed by atoms with van der Waals surface area (Å²) in [7, 11) is 0. The van der Waals surface area contributed by atoms with E-state index in [1.165, 1.54) is 0 Å². The first-order valence-electron chi connectivity index (χ1n) is 7.21. The summed E-state index contributed by atoms with van der Waals surface area (Å²) in [4.78, 5) is 14.4. The highest BCUT2D eigenvalue weighted by Crippen LogP contribution is 2.30. The number of carbonyl (C=O) groups is 1. The second kappa shape index (κ2) is 5.14. The minimum atomic E-state index is 0.00710. The number of rotatable bonds is 2. The van der Waals surface area contributed by atoms with Crippen molar-refractivity contribution >= 4 is 34.6 Å². The highest BCUT2D eigenvalue weighted by molar-refractivity contribution is 6.47. The van der Waals surface area contributed by atoms with Crippen molar-refractivity contribution in [3.8, 4) is 0 Å². The van der Waals surface area contributed by atoms with E-state index in [-0.39, 0.29) is 11.8 Å². The second-order valence-electron chi connectivity index (χ2n) is 5.49. The van der Waals surface area contributed by atoms with Crippen molar-refractivity contribution in [3.05, 3.63) is 59.6 Å². The number of nitrogens with zero attached hydrogens (tertiary/aromatic N) is 3. The zero-order chi connectivity index (χ0) is 15.1. The van der Waals surface area contributed by atoms with Crippen LogP contribution in [0.25, 0.3) is 0 Å². The lowest BCUT2D eigenvalue weighted by Crippen LogP contribution is -2.29. The Morgan fingerprint density at radius 3 is 2.36 bits per heavy atom. The Labute approximate surface area is 133 Å². The number of para-hydroxylation sites is 1. The van der Waals surface area contributed by atoms with Gasteiger partial charge in [0.05, 0.1) is 12.2 Å². The van der Waals surface area contributed by atoms with Gasteiger partial charge in [0.25, 0.3) is 5.91 Å². The number of anilines is 2. The van der Waals surface area contributed by atoms with Gasteiger partial charge in [0.15, 0.2) is 0 Å². The molecule has 2 aliphatic heterocycles. The zero-order valence-corrected chi connectivity index (χ0v) is 12.6.